The number of para-hydroxylation sites is 1. The minimum absolute atomic E-state index is 0.0166. The topological polar surface area (TPSA) is 18.5 Å². The second-order valence-corrected chi connectivity index (χ2v) is 6.33. The van der Waals surface area contributed by atoms with Crippen molar-refractivity contribution >= 4 is 27.5 Å². The summed E-state index contributed by atoms with van der Waals surface area (Å²) in [5.41, 5.74) is 0.986. The lowest BCUT2D eigenvalue weighted by molar-refractivity contribution is -0.0328. The molecule has 0 bridgehead atoms. The first-order valence-corrected chi connectivity index (χ1v) is 7.48. The molecule has 1 atom stereocenters. The van der Waals surface area contributed by atoms with Crippen LogP contribution in [0.5, 0.6) is 5.75 Å². The van der Waals surface area contributed by atoms with E-state index in [1.54, 1.807) is 0 Å². The van der Waals surface area contributed by atoms with E-state index in [2.05, 4.69) is 29.8 Å². The van der Waals surface area contributed by atoms with Gasteiger partial charge < -0.3 is 9.47 Å². The number of hydrogen-bond donors (Lipinski definition) is 0. The van der Waals surface area contributed by atoms with Gasteiger partial charge in [-0.05, 0) is 48.7 Å². The molecular weight excluding hydrogens is 316 g/mol. The van der Waals surface area contributed by atoms with Gasteiger partial charge in [0.05, 0.1) is 22.1 Å². The highest BCUT2D eigenvalue weighted by Gasteiger charge is 2.32. The number of ether oxygens (including phenoxy) is 2. The zero-order chi connectivity index (χ0) is 13.2. The molecule has 0 N–H and O–H groups in total. The Morgan fingerprint density at radius 2 is 2.28 bits per heavy atom. The standard InChI is InChI=1S/C14H18BrClO2/c1-14(2)7-6-11(18-14)9-17-13-10(8-16)4-3-5-12(13)15/h3-5,11H,6-9H2,1-2H3. The molecule has 1 aromatic carbocycles. The van der Waals surface area contributed by atoms with Crippen molar-refractivity contribution in [2.75, 3.05) is 6.61 Å². The van der Waals surface area contributed by atoms with Crippen molar-refractivity contribution in [2.24, 2.45) is 0 Å². The molecule has 4 heteroatoms. The summed E-state index contributed by atoms with van der Waals surface area (Å²) in [6.45, 7) is 4.82. The molecule has 1 aromatic rings. The third-order valence-corrected chi connectivity index (χ3v) is 4.07. The fraction of sp³-hybridized carbons (Fsp3) is 0.571. The van der Waals surface area contributed by atoms with Crippen molar-refractivity contribution in [3.8, 4) is 5.75 Å². The first kappa shape index (κ1) is 14.2. The average Bonchev–Trinajstić information content (AvgIpc) is 2.67. The first-order valence-electron chi connectivity index (χ1n) is 6.16. The molecule has 1 saturated heterocycles. The van der Waals surface area contributed by atoms with Crippen LogP contribution in [0.2, 0.25) is 0 Å². The van der Waals surface area contributed by atoms with Crippen molar-refractivity contribution in [2.45, 2.75) is 44.3 Å². The van der Waals surface area contributed by atoms with Gasteiger partial charge in [0, 0.05) is 5.56 Å². The quantitative estimate of drug-likeness (QED) is 0.754. The Morgan fingerprint density at radius 3 is 2.89 bits per heavy atom. The second kappa shape index (κ2) is 5.81. The van der Waals surface area contributed by atoms with Crippen LogP contribution in [0.1, 0.15) is 32.3 Å². The highest BCUT2D eigenvalue weighted by atomic mass is 79.9. The molecule has 1 aliphatic heterocycles. The van der Waals surface area contributed by atoms with E-state index in [9.17, 15) is 0 Å². The number of halogens is 2. The molecule has 18 heavy (non-hydrogen) atoms. The zero-order valence-corrected chi connectivity index (χ0v) is 13.1. The van der Waals surface area contributed by atoms with Gasteiger partial charge in [0.25, 0.3) is 0 Å². The first-order chi connectivity index (χ1) is 8.52. The van der Waals surface area contributed by atoms with Crippen LogP contribution >= 0.6 is 27.5 Å². The Morgan fingerprint density at radius 1 is 1.50 bits per heavy atom. The van der Waals surface area contributed by atoms with Gasteiger partial charge in [-0.1, -0.05) is 12.1 Å². The van der Waals surface area contributed by atoms with E-state index >= 15 is 0 Å². The van der Waals surface area contributed by atoms with Crippen molar-refractivity contribution in [3.05, 3.63) is 28.2 Å². The molecular formula is C14H18BrClO2. The van der Waals surface area contributed by atoms with Crippen molar-refractivity contribution in [1.82, 2.24) is 0 Å². The summed E-state index contributed by atoms with van der Waals surface area (Å²) in [7, 11) is 0. The Kier molecular flexibility index (Phi) is 4.57. The van der Waals surface area contributed by atoms with E-state index in [1.807, 2.05) is 18.2 Å². The Hall–Kier alpha value is -0.250. The minimum atomic E-state index is -0.0166. The molecule has 0 radical (unpaired) electrons. The van der Waals surface area contributed by atoms with E-state index < -0.39 is 0 Å². The van der Waals surface area contributed by atoms with Gasteiger partial charge in [-0.3, -0.25) is 0 Å². The molecule has 2 nitrogen and oxygen atoms in total. The summed E-state index contributed by atoms with van der Waals surface area (Å²) < 4.78 is 12.7. The highest BCUT2D eigenvalue weighted by molar-refractivity contribution is 9.10. The third kappa shape index (κ3) is 3.40. The number of hydrogen-bond acceptors (Lipinski definition) is 2. The molecule has 0 aliphatic carbocycles. The lowest BCUT2D eigenvalue weighted by atomic mass is 10.1. The molecule has 0 spiro atoms. The normalized spacial score (nSPS) is 22.1. The molecule has 1 fully saturated rings. The zero-order valence-electron chi connectivity index (χ0n) is 10.7. The molecule has 2 rings (SSSR count). The highest BCUT2D eigenvalue weighted by Crippen LogP contribution is 2.33. The SMILES string of the molecule is CC1(C)CCC(COc2c(Br)cccc2CCl)O1. The van der Waals surface area contributed by atoms with Crippen LogP contribution in [-0.2, 0) is 10.6 Å². The molecule has 100 valence electrons. The molecule has 0 amide bonds. The van der Waals surface area contributed by atoms with E-state index in [1.165, 1.54) is 0 Å². The Balaban J connectivity index is 1.98. The predicted octanol–water partition coefficient (Wildman–Crippen LogP) is 4.52. The third-order valence-electron chi connectivity index (χ3n) is 3.16. The van der Waals surface area contributed by atoms with Gasteiger partial charge in [0.1, 0.15) is 12.4 Å². The van der Waals surface area contributed by atoms with Crippen LogP contribution in [0.4, 0.5) is 0 Å². The van der Waals surface area contributed by atoms with Gasteiger partial charge in [0.15, 0.2) is 0 Å². The number of alkyl halides is 1. The van der Waals surface area contributed by atoms with Gasteiger partial charge in [-0.15, -0.1) is 11.6 Å². The summed E-state index contributed by atoms with van der Waals surface area (Å²) in [4.78, 5) is 0. The van der Waals surface area contributed by atoms with Crippen LogP contribution in [0, 0.1) is 0 Å². The van der Waals surface area contributed by atoms with Crippen LogP contribution in [0.3, 0.4) is 0 Å². The van der Waals surface area contributed by atoms with Gasteiger partial charge >= 0.3 is 0 Å². The van der Waals surface area contributed by atoms with E-state index in [0.29, 0.717) is 12.5 Å². The molecule has 1 heterocycles. The van der Waals surface area contributed by atoms with Gasteiger partial charge in [0.2, 0.25) is 0 Å². The molecule has 0 saturated carbocycles. The fourth-order valence-electron chi connectivity index (χ4n) is 2.19. The fourth-order valence-corrected chi connectivity index (χ4v) is 2.92. The molecule has 1 unspecified atom stereocenters. The summed E-state index contributed by atoms with van der Waals surface area (Å²) in [6.07, 6.45) is 2.31. The lowest BCUT2D eigenvalue weighted by Crippen LogP contribution is -2.24. The lowest BCUT2D eigenvalue weighted by Gasteiger charge is -2.20. The predicted molar refractivity (Wildman–Crippen MR) is 77.4 cm³/mol. The van der Waals surface area contributed by atoms with Gasteiger partial charge in [-0.25, -0.2) is 0 Å². The molecule has 1 aliphatic rings. The summed E-state index contributed by atoms with van der Waals surface area (Å²) in [5.74, 6) is 1.28. The Bertz CT molecular complexity index is 420. The molecule has 0 aromatic heterocycles. The van der Waals surface area contributed by atoms with E-state index in [-0.39, 0.29) is 11.7 Å². The minimum Gasteiger partial charge on any atom is -0.489 e. The Labute approximate surface area is 122 Å². The second-order valence-electron chi connectivity index (χ2n) is 5.21. The van der Waals surface area contributed by atoms with Crippen LogP contribution in [-0.4, -0.2) is 18.3 Å². The summed E-state index contributed by atoms with van der Waals surface area (Å²) >= 11 is 9.41. The van der Waals surface area contributed by atoms with Crippen LogP contribution in [0.25, 0.3) is 0 Å². The number of rotatable bonds is 4. The van der Waals surface area contributed by atoms with Gasteiger partial charge in [-0.2, -0.15) is 0 Å². The maximum absolute atomic E-state index is 5.91. The summed E-state index contributed by atoms with van der Waals surface area (Å²) in [5, 5.41) is 0. The van der Waals surface area contributed by atoms with E-state index in [4.69, 9.17) is 21.1 Å². The smallest absolute Gasteiger partial charge is 0.138 e. The van der Waals surface area contributed by atoms with E-state index in [0.717, 1.165) is 28.6 Å². The van der Waals surface area contributed by atoms with Crippen molar-refractivity contribution < 1.29 is 9.47 Å². The van der Waals surface area contributed by atoms with Crippen molar-refractivity contribution in [1.29, 1.82) is 0 Å². The monoisotopic (exact) mass is 332 g/mol. The van der Waals surface area contributed by atoms with Crippen molar-refractivity contribution in [3.63, 3.8) is 0 Å². The maximum Gasteiger partial charge on any atom is 0.138 e. The largest absolute Gasteiger partial charge is 0.489 e. The number of benzene rings is 1. The van der Waals surface area contributed by atoms with Crippen LogP contribution in [0.15, 0.2) is 22.7 Å². The average molecular weight is 334 g/mol. The summed E-state index contributed by atoms with van der Waals surface area (Å²) in [6, 6.07) is 5.90. The maximum atomic E-state index is 5.91. The van der Waals surface area contributed by atoms with Crippen LogP contribution < -0.4 is 4.74 Å².